The molecule has 0 bridgehead atoms. The molecule has 1 aliphatic carbocycles. The first kappa shape index (κ1) is 9.87. The number of hydrogen-bond donors (Lipinski definition) is 1. The number of anilines is 1. The summed E-state index contributed by atoms with van der Waals surface area (Å²) < 4.78 is 32.0. The van der Waals surface area contributed by atoms with Crippen LogP contribution in [0.3, 0.4) is 0 Å². The maximum absolute atomic E-state index is 13.6. The predicted molar refractivity (Wildman–Crippen MR) is 56.7 cm³/mol. The molecule has 1 N–H and O–H groups in total. The van der Waals surface area contributed by atoms with E-state index in [0.717, 1.165) is 31.7 Å². The van der Waals surface area contributed by atoms with Gasteiger partial charge in [-0.15, -0.1) is 0 Å². The second-order valence-corrected chi connectivity index (χ2v) is 4.66. The Labute approximate surface area is 92.6 Å². The van der Waals surface area contributed by atoms with Gasteiger partial charge in [0.25, 0.3) is 0 Å². The van der Waals surface area contributed by atoms with Crippen LogP contribution in [0.4, 0.5) is 14.5 Å². The summed E-state index contributed by atoms with van der Waals surface area (Å²) in [5, 5.41) is 3.20. The summed E-state index contributed by atoms with van der Waals surface area (Å²) in [6, 6.07) is 2.12. The van der Waals surface area contributed by atoms with E-state index in [1.165, 1.54) is 6.07 Å². The molecule has 86 valence electrons. The second kappa shape index (κ2) is 3.34. The highest BCUT2D eigenvalue weighted by atomic mass is 19.1. The third kappa shape index (κ3) is 1.44. The van der Waals surface area contributed by atoms with Crippen molar-refractivity contribution in [2.75, 3.05) is 11.9 Å². The molecule has 1 aromatic carbocycles. The van der Waals surface area contributed by atoms with Gasteiger partial charge in [-0.05, 0) is 12.8 Å². The van der Waals surface area contributed by atoms with Crippen LogP contribution in [-0.4, -0.2) is 12.1 Å². The molecule has 0 amide bonds. The van der Waals surface area contributed by atoms with Gasteiger partial charge in [-0.1, -0.05) is 12.8 Å². The van der Waals surface area contributed by atoms with E-state index >= 15 is 0 Å². The summed E-state index contributed by atoms with van der Waals surface area (Å²) in [6.07, 6.45) is 4.25. The Morgan fingerprint density at radius 3 is 2.69 bits per heavy atom. The summed E-state index contributed by atoms with van der Waals surface area (Å²) in [4.78, 5) is 0. The van der Waals surface area contributed by atoms with E-state index < -0.39 is 11.6 Å². The van der Waals surface area contributed by atoms with Crippen LogP contribution >= 0.6 is 0 Å². The topological polar surface area (TPSA) is 21.3 Å². The zero-order valence-corrected chi connectivity index (χ0v) is 8.85. The minimum atomic E-state index is -0.597. The third-order valence-corrected chi connectivity index (χ3v) is 3.47. The SMILES string of the molecule is Fc1cc(F)c2c(c1)OCC1(CCCC1)N2. The lowest BCUT2D eigenvalue weighted by molar-refractivity contribution is 0.218. The van der Waals surface area contributed by atoms with Gasteiger partial charge in [0, 0.05) is 12.1 Å². The van der Waals surface area contributed by atoms with Crippen molar-refractivity contribution in [2.45, 2.75) is 31.2 Å². The number of halogens is 2. The lowest BCUT2D eigenvalue weighted by Crippen LogP contribution is -2.44. The number of ether oxygens (including phenoxy) is 1. The van der Waals surface area contributed by atoms with E-state index in [4.69, 9.17) is 4.74 Å². The van der Waals surface area contributed by atoms with Crippen molar-refractivity contribution in [1.29, 1.82) is 0 Å². The second-order valence-electron chi connectivity index (χ2n) is 4.66. The van der Waals surface area contributed by atoms with Crippen molar-refractivity contribution in [1.82, 2.24) is 0 Å². The average molecular weight is 225 g/mol. The van der Waals surface area contributed by atoms with E-state index in [0.29, 0.717) is 12.3 Å². The zero-order chi connectivity index (χ0) is 11.2. The quantitative estimate of drug-likeness (QED) is 0.732. The van der Waals surface area contributed by atoms with Crippen molar-refractivity contribution in [3.63, 3.8) is 0 Å². The summed E-state index contributed by atoms with van der Waals surface area (Å²) in [5.41, 5.74) is 0.181. The monoisotopic (exact) mass is 225 g/mol. The Morgan fingerprint density at radius 1 is 1.19 bits per heavy atom. The highest BCUT2D eigenvalue weighted by molar-refractivity contribution is 5.61. The number of benzene rings is 1. The summed E-state index contributed by atoms with van der Waals surface area (Å²) in [6.45, 7) is 0.503. The standard InChI is InChI=1S/C12H13F2NO/c13-8-5-9(14)11-10(6-8)16-7-12(15-11)3-1-2-4-12/h5-6,15H,1-4,7H2. The molecule has 0 atom stereocenters. The molecular weight excluding hydrogens is 212 g/mol. The summed E-state index contributed by atoms with van der Waals surface area (Å²) in [7, 11) is 0. The van der Waals surface area contributed by atoms with Crippen LogP contribution in [0.1, 0.15) is 25.7 Å². The molecule has 3 rings (SSSR count). The molecule has 4 heteroatoms. The van der Waals surface area contributed by atoms with Crippen LogP contribution in [-0.2, 0) is 0 Å². The van der Waals surface area contributed by atoms with Crippen LogP contribution in [0.25, 0.3) is 0 Å². The predicted octanol–water partition coefficient (Wildman–Crippen LogP) is 3.08. The van der Waals surface area contributed by atoms with E-state index in [2.05, 4.69) is 5.32 Å². The molecule has 0 aromatic heterocycles. The fraction of sp³-hybridized carbons (Fsp3) is 0.500. The lowest BCUT2D eigenvalue weighted by atomic mass is 9.96. The van der Waals surface area contributed by atoms with Crippen molar-refractivity contribution >= 4 is 5.69 Å². The van der Waals surface area contributed by atoms with Gasteiger partial charge in [-0.3, -0.25) is 0 Å². The molecule has 1 aliphatic heterocycles. The molecular formula is C12H13F2NO. The van der Waals surface area contributed by atoms with Crippen molar-refractivity contribution in [2.24, 2.45) is 0 Å². The Balaban J connectivity index is 1.99. The van der Waals surface area contributed by atoms with Gasteiger partial charge in [0.2, 0.25) is 0 Å². The first-order valence-electron chi connectivity index (χ1n) is 5.59. The van der Waals surface area contributed by atoms with Crippen molar-refractivity contribution in [3.05, 3.63) is 23.8 Å². The van der Waals surface area contributed by atoms with Crippen LogP contribution in [0, 0.1) is 11.6 Å². The van der Waals surface area contributed by atoms with Gasteiger partial charge < -0.3 is 10.1 Å². The first-order valence-corrected chi connectivity index (χ1v) is 5.59. The maximum Gasteiger partial charge on any atom is 0.153 e. The fourth-order valence-electron chi connectivity index (χ4n) is 2.62. The van der Waals surface area contributed by atoms with Gasteiger partial charge in [-0.25, -0.2) is 8.78 Å². The molecule has 0 saturated heterocycles. The van der Waals surface area contributed by atoms with Crippen LogP contribution < -0.4 is 10.1 Å². The molecule has 2 nitrogen and oxygen atoms in total. The lowest BCUT2D eigenvalue weighted by Gasteiger charge is -2.36. The smallest absolute Gasteiger partial charge is 0.153 e. The highest BCUT2D eigenvalue weighted by Crippen LogP contribution is 2.41. The maximum atomic E-state index is 13.6. The Bertz CT molecular complexity index is 427. The van der Waals surface area contributed by atoms with Gasteiger partial charge in [0.15, 0.2) is 5.82 Å². The number of nitrogens with one attached hydrogen (secondary N) is 1. The molecule has 2 aliphatic rings. The largest absolute Gasteiger partial charge is 0.489 e. The minimum Gasteiger partial charge on any atom is -0.489 e. The Kier molecular flexibility index (Phi) is 2.06. The summed E-state index contributed by atoms with van der Waals surface area (Å²) in [5.74, 6) is -0.878. The number of rotatable bonds is 0. The zero-order valence-electron chi connectivity index (χ0n) is 8.85. The minimum absolute atomic E-state index is 0.133. The Hall–Kier alpha value is -1.32. The van der Waals surface area contributed by atoms with Crippen LogP contribution in [0.5, 0.6) is 5.75 Å². The van der Waals surface area contributed by atoms with Gasteiger partial charge >= 0.3 is 0 Å². The molecule has 1 heterocycles. The summed E-state index contributed by atoms with van der Waals surface area (Å²) >= 11 is 0. The van der Waals surface area contributed by atoms with E-state index in [1.54, 1.807) is 0 Å². The van der Waals surface area contributed by atoms with Gasteiger partial charge in [0.05, 0.1) is 5.54 Å². The first-order chi connectivity index (χ1) is 7.69. The normalized spacial score (nSPS) is 21.4. The third-order valence-electron chi connectivity index (χ3n) is 3.47. The van der Waals surface area contributed by atoms with Crippen LogP contribution in [0.15, 0.2) is 12.1 Å². The van der Waals surface area contributed by atoms with E-state index in [9.17, 15) is 8.78 Å². The molecule has 1 aromatic rings. The van der Waals surface area contributed by atoms with E-state index in [-0.39, 0.29) is 11.3 Å². The highest BCUT2D eigenvalue weighted by Gasteiger charge is 2.39. The molecule has 16 heavy (non-hydrogen) atoms. The Morgan fingerprint density at radius 2 is 1.94 bits per heavy atom. The molecule has 1 spiro atoms. The molecule has 0 radical (unpaired) electrons. The molecule has 0 unspecified atom stereocenters. The molecule has 1 saturated carbocycles. The van der Waals surface area contributed by atoms with Crippen molar-refractivity contribution in [3.8, 4) is 5.75 Å². The van der Waals surface area contributed by atoms with E-state index in [1.807, 2.05) is 0 Å². The van der Waals surface area contributed by atoms with Gasteiger partial charge in [-0.2, -0.15) is 0 Å². The molecule has 1 fully saturated rings. The van der Waals surface area contributed by atoms with Gasteiger partial charge in [0.1, 0.15) is 23.9 Å². The number of hydrogen-bond acceptors (Lipinski definition) is 2. The number of fused-ring (bicyclic) bond motifs is 1. The van der Waals surface area contributed by atoms with Crippen molar-refractivity contribution < 1.29 is 13.5 Å². The fourth-order valence-corrected chi connectivity index (χ4v) is 2.62. The average Bonchev–Trinajstić information content (AvgIpc) is 2.68. The van der Waals surface area contributed by atoms with Crippen LogP contribution in [0.2, 0.25) is 0 Å².